The van der Waals surface area contributed by atoms with Crippen molar-refractivity contribution in [1.82, 2.24) is 0 Å². The Morgan fingerprint density at radius 3 is 1.18 bits per heavy atom. The number of para-hydroxylation sites is 2. The van der Waals surface area contributed by atoms with Gasteiger partial charge in [-0.2, -0.15) is 0 Å². The van der Waals surface area contributed by atoms with Crippen LogP contribution in [0.1, 0.15) is 124 Å². The van der Waals surface area contributed by atoms with E-state index in [0.717, 1.165) is 9.80 Å². The third-order valence-electron chi connectivity index (χ3n) is 8.57. The Hall–Kier alpha value is -7.66. The number of hydrogen-bond donors (Lipinski definition) is 0. The summed E-state index contributed by atoms with van der Waals surface area (Å²) in [5.74, 6) is -0.955. The first-order chi connectivity index (χ1) is 30.2. The fraction of sp³-hybridized carbons (Fsp3) is 0.176. The third-order valence-corrected chi connectivity index (χ3v) is 8.57. The Morgan fingerprint density at radius 1 is 0.371 bits per heavy atom. The number of fused-ring (bicyclic) bond motifs is 3. The zero-order valence-electron chi connectivity index (χ0n) is 36.1. The highest BCUT2D eigenvalue weighted by molar-refractivity contribution is 6.36. The molecule has 3 heterocycles. The lowest BCUT2D eigenvalue weighted by atomic mass is 10.1. The number of benzene rings is 6. The first-order valence-corrected chi connectivity index (χ1v) is 20.7. The predicted octanol–water partition coefficient (Wildman–Crippen LogP) is 12.4. The Morgan fingerprint density at radius 2 is 0.726 bits per heavy atom. The van der Waals surface area contributed by atoms with Crippen molar-refractivity contribution in [3.05, 3.63) is 179 Å². The molecular formula is C51H50N2O9. The van der Waals surface area contributed by atoms with Crippen molar-refractivity contribution in [2.24, 2.45) is 0 Å². The molecule has 4 amide bonds. The summed E-state index contributed by atoms with van der Waals surface area (Å²) >= 11 is 0. The molecule has 0 aromatic heterocycles. The molecule has 318 valence electrons. The quantitative estimate of drug-likeness (QED) is 0.0912. The van der Waals surface area contributed by atoms with Crippen LogP contribution in [0.3, 0.4) is 0 Å². The smallest absolute Gasteiger partial charge is 0.347 e. The number of nitrogens with zero attached hydrogens (tertiary/aromatic N) is 2. The molecule has 62 heavy (non-hydrogen) atoms. The largest absolute Gasteiger partial charge is 0.457 e. The van der Waals surface area contributed by atoms with Gasteiger partial charge in [0.25, 0.3) is 23.6 Å². The monoisotopic (exact) mass is 834 g/mol. The van der Waals surface area contributed by atoms with Gasteiger partial charge in [-0.25, -0.2) is 19.4 Å². The second kappa shape index (κ2) is 22.6. The van der Waals surface area contributed by atoms with Crippen molar-refractivity contribution in [3.8, 4) is 23.0 Å². The molecule has 0 N–H and O–H groups in total. The van der Waals surface area contributed by atoms with Crippen molar-refractivity contribution in [1.29, 1.82) is 0 Å². The fourth-order valence-corrected chi connectivity index (χ4v) is 6.09. The van der Waals surface area contributed by atoms with Gasteiger partial charge in [0.05, 0.1) is 44.8 Å². The summed E-state index contributed by atoms with van der Waals surface area (Å²) in [4.78, 5) is 76.9. The highest BCUT2D eigenvalue weighted by atomic mass is 16.6. The maximum absolute atomic E-state index is 13.3. The van der Waals surface area contributed by atoms with Crippen molar-refractivity contribution >= 4 is 46.9 Å². The average Bonchev–Trinajstić information content (AvgIpc) is 3.85. The van der Waals surface area contributed by atoms with Crippen molar-refractivity contribution in [2.45, 2.75) is 61.8 Å². The predicted molar refractivity (Wildman–Crippen MR) is 241 cm³/mol. The number of rotatable bonds is 6. The zero-order valence-corrected chi connectivity index (χ0v) is 36.1. The van der Waals surface area contributed by atoms with Gasteiger partial charge in [0.1, 0.15) is 23.0 Å². The van der Waals surface area contributed by atoms with E-state index in [1.807, 2.05) is 77.9 Å². The summed E-state index contributed by atoms with van der Waals surface area (Å²) in [5.41, 5.74) is 2.16. The summed E-state index contributed by atoms with van der Waals surface area (Å²) in [7, 11) is 0. The van der Waals surface area contributed by atoms with E-state index in [-0.39, 0.29) is 33.6 Å². The number of carbonyl (C=O) groups excluding carboxylic acids is 6. The zero-order chi connectivity index (χ0) is 45.3. The van der Waals surface area contributed by atoms with Crippen molar-refractivity contribution in [2.75, 3.05) is 9.80 Å². The molecule has 3 aliphatic heterocycles. The van der Waals surface area contributed by atoms with Crippen LogP contribution in [0.15, 0.2) is 146 Å². The minimum atomic E-state index is -0.631. The van der Waals surface area contributed by atoms with Crippen LogP contribution in [0, 0.1) is 0 Å². The summed E-state index contributed by atoms with van der Waals surface area (Å²) in [6.45, 7) is 16.2. The van der Waals surface area contributed by atoms with E-state index < -0.39 is 35.6 Å². The molecule has 0 atom stereocenters. The number of hydrogen-bond acceptors (Lipinski definition) is 9. The van der Waals surface area contributed by atoms with Crippen molar-refractivity contribution < 1.29 is 43.0 Å². The second-order valence-electron chi connectivity index (χ2n) is 12.6. The molecule has 9 rings (SSSR count). The van der Waals surface area contributed by atoms with Gasteiger partial charge < -0.3 is 14.2 Å². The number of imide groups is 2. The topological polar surface area (TPSA) is 137 Å². The molecular weight excluding hydrogens is 785 g/mol. The summed E-state index contributed by atoms with van der Waals surface area (Å²) in [5, 5.41) is 0. The normalized spacial score (nSPS) is 12.5. The van der Waals surface area contributed by atoms with Gasteiger partial charge in [-0.1, -0.05) is 116 Å². The van der Waals surface area contributed by atoms with Crippen LogP contribution in [-0.2, 0) is 4.74 Å². The van der Waals surface area contributed by atoms with Gasteiger partial charge >= 0.3 is 11.9 Å². The van der Waals surface area contributed by atoms with E-state index in [4.69, 9.17) is 9.47 Å². The maximum Gasteiger partial charge on any atom is 0.347 e. The lowest BCUT2D eigenvalue weighted by molar-refractivity contribution is 0.0442. The molecule has 0 saturated heterocycles. The number of carbonyl (C=O) groups is 6. The van der Waals surface area contributed by atoms with Gasteiger partial charge in [-0.3, -0.25) is 19.2 Å². The molecule has 6 aromatic carbocycles. The van der Waals surface area contributed by atoms with Crippen LogP contribution in [-0.4, -0.2) is 35.6 Å². The molecule has 0 saturated carbocycles. The number of amides is 4. The van der Waals surface area contributed by atoms with Crippen LogP contribution < -0.4 is 19.3 Å². The molecule has 0 radical (unpaired) electrons. The van der Waals surface area contributed by atoms with Gasteiger partial charge in [0, 0.05) is 0 Å². The van der Waals surface area contributed by atoms with Crippen LogP contribution in [0.5, 0.6) is 23.0 Å². The highest BCUT2D eigenvalue weighted by Crippen LogP contribution is 2.36. The lowest BCUT2D eigenvalue weighted by Crippen LogP contribution is -2.31. The molecule has 0 spiro atoms. The standard InChI is InChI=1S/C28H16N2O5.C14H8O4.C3H8.3C2H6/c31-25-21-11-4-5-12-22(21)26(32)29(25)17-7-6-8-18(15-17)30-27(33)23-14-13-20(16-24(23)28(30)34)35-19-9-2-1-3-10-19;15-13-11-7-6-10(8-12(11)14(16)18-13)17-9-4-2-1-3-5-9;1-3-2;3*1-2/h1-16H;1-8H;3H2,1-2H3;3*1-2H3. The second-order valence-corrected chi connectivity index (χ2v) is 12.6. The molecule has 0 unspecified atom stereocenters. The summed E-state index contributed by atoms with van der Waals surface area (Å²) in [6.07, 6.45) is 1.25. The minimum absolute atomic E-state index is 0.217. The lowest BCUT2D eigenvalue weighted by Gasteiger charge is -2.18. The molecule has 6 aromatic rings. The van der Waals surface area contributed by atoms with E-state index in [1.165, 1.54) is 30.7 Å². The summed E-state index contributed by atoms with van der Waals surface area (Å²) in [6, 6.07) is 40.5. The molecule has 0 bridgehead atoms. The first-order valence-electron chi connectivity index (χ1n) is 20.7. The van der Waals surface area contributed by atoms with Crippen LogP contribution in [0.2, 0.25) is 0 Å². The van der Waals surface area contributed by atoms with E-state index in [2.05, 4.69) is 18.6 Å². The van der Waals surface area contributed by atoms with E-state index in [9.17, 15) is 28.8 Å². The van der Waals surface area contributed by atoms with Gasteiger partial charge in [-0.15, -0.1) is 0 Å². The van der Waals surface area contributed by atoms with Crippen molar-refractivity contribution in [3.63, 3.8) is 0 Å². The summed E-state index contributed by atoms with van der Waals surface area (Å²) < 4.78 is 15.9. The number of ether oxygens (including phenoxy) is 3. The highest BCUT2D eigenvalue weighted by Gasteiger charge is 2.39. The molecule has 11 nitrogen and oxygen atoms in total. The maximum atomic E-state index is 13.3. The van der Waals surface area contributed by atoms with Gasteiger partial charge in [0.15, 0.2) is 0 Å². The molecule has 11 heteroatoms. The van der Waals surface area contributed by atoms with E-state index >= 15 is 0 Å². The third kappa shape index (κ3) is 10.4. The molecule has 3 aliphatic rings. The van der Waals surface area contributed by atoms with Crippen LogP contribution >= 0.6 is 0 Å². The first kappa shape index (κ1) is 47.0. The fourth-order valence-electron chi connectivity index (χ4n) is 6.09. The van der Waals surface area contributed by atoms with Crippen LogP contribution in [0.25, 0.3) is 0 Å². The average molecular weight is 835 g/mol. The van der Waals surface area contributed by atoms with Gasteiger partial charge in [-0.05, 0) is 91.0 Å². The minimum Gasteiger partial charge on any atom is -0.457 e. The van der Waals surface area contributed by atoms with E-state index in [0.29, 0.717) is 34.1 Å². The SMILES string of the molecule is CC.CC.CC.CCC.O=C1OC(=O)c2cc(Oc3ccccc3)ccc21.O=C1c2ccccc2C(=O)N1c1cccc(N2C(=O)c3ccc(Oc4ccccc4)cc3C2=O)c1. The molecule has 0 aliphatic carbocycles. The number of cyclic esters (lactones) is 2. The molecule has 0 fully saturated rings. The Labute approximate surface area is 362 Å². The Balaban J connectivity index is 0.000000263. The van der Waals surface area contributed by atoms with Gasteiger partial charge in [0.2, 0.25) is 0 Å². The Kier molecular flexibility index (Phi) is 17.2. The van der Waals surface area contributed by atoms with E-state index in [1.54, 1.807) is 84.9 Å². The van der Waals surface area contributed by atoms with Crippen LogP contribution in [0.4, 0.5) is 11.4 Å². The number of esters is 2. The Bertz CT molecular complexity index is 2500. The number of anilines is 2.